The fourth-order valence-electron chi connectivity index (χ4n) is 2.67. The Kier molecular flexibility index (Phi) is 14.9. The monoisotopic (exact) mass is 316 g/mol. The molecule has 0 aliphatic heterocycles. The lowest BCUT2D eigenvalue weighted by Crippen LogP contribution is -2.13. The van der Waals surface area contributed by atoms with Crippen molar-refractivity contribution < 1.29 is 20.1 Å². The van der Waals surface area contributed by atoms with Crippen LogP contribution in [0.25, 0.3) is 0 Å². The first-order chi connectivity index (χ1) is 10.6. The van der Waals surface area contributed by atoms with Gasteiger partial charge in [-0.3, -0.25) is 4.79 Å². The van der Waals surface area contributed by atoms with Crippen LogP contribution < -0.4 is 0 Å². The molecule has 0 amide bonds. The largest absolute Gasteiger partial charge is 0.481 e. The number of aliphatic hydroxyl groups is 2. The zero-order chi connectivity index (χ0) is 16.6. The first-order valence-corrected chi connectivity index (χ1v) is 9.14. The van der Waals surface area contributed by atoms with Crippen molar-refractivity contribution in [2.75, 3.05) is 0 Å². The molecule has 0 aromatic heterocycles. The van der Waals surface area contributed by atoms with Gasteiger partial charge >= 0.3 is 5.97 Å². The standard InChI is InChI=1S/C18H36O4/c1-2-3-4-8-11-16(19)14-15-17(20)12-9-6-5-7-10-13-18(21)22/h16-17,19-20H,2-15H2,1H3,(H,21,22)/t16-,17+/m1/s1. The van der Waals surface area contributed by atoms with Crippen LogP contribution in [0.4, 0.5) is 0 Å². The van der Waals surface area contributed by atoms with Gasteiger partial charge in [0.25, 0.3) is 0 Å². The fourth-order valence-corrected chi connectivity index (χ4v) is 2.67. The normalized spacial score (nSPS) is 14.0. The molecule has 0 radical (unpaired) electrons. The molecule has 0 aliphatic rings. The van der Waals surface area contributed by atoms with Gasteiger partial charge < -0.3 is 15.3 Å². The lowest BCUT2D eigenvalue weighted by atomic mass is 10.0. The average Bonchev–Trinajstić information content (AvgIpc) is 2.48. The molecule has 0 fully saturated rings. The number of aliphatic carboxylic acids is 1. The van der Waals surface area contributed by atoms with E-state index in [1.165, 1.54) is 19.3 Å². The van der Waals surface area contributed by atoms with Crippen LogP contribution in [0, 0.1) is 0 Å². The Morgan fingerprint density at radius 1 is 0.727 bits per heavy atom. The fraction of sp³-hybridized carbons (Fsp3) is 0.944. The third kappa shape index (κ3) is 15.8. The van der Waals surface area contributed by atoms with Crippen LogP contribution in [0.15, 0.2) is 0 Å². The molecular formula is C18H36O4. The molecule has 2 atom stereocenters. The summed E-state index contributed by atoms with van der Waals surface area (Å²) in [5.41, 5.74) is 0. The molecule has 0 saturated carbocycles. The van der Waals surface area contributed by atoms with Crippen LogP contribution >= 0.6 is 0 Å². The van der Waals surface area contributed by atoms with Crippen molar-refractivity contribution in [1.29, 1.82) is 0 Å². The summed E-state index contributed by atoms with van der Waals surface area (Å²) < 4.78 is 0. The third-order valence-electron chi connectivity index (χ3n) is 4.15. The van der Waals surface area contributed by atoms with Gasteiger partial charge in [-0.25, -0.2) is 0 Å². The number of hydrogen-bond acceptors (Lipinski definition) is 3. The van der Waals surface area contributed by atoms with Gasteiger partial charge in [0, 0.05) is 6.42 Å². The number of aliphatic hydroxyl groups excluding tert-OH is 2. The van der Waals surface area contributed by atoms with E-state index in [0.717, 1.165) is 51.4 Å². The van der Waals surface area contributed by atoms with Crippen LogP contribution in [0.1, 0.15) is 96.8 Å². The highest BCUT2D eigenvalue weighted by atomic mass is 16.4. The van der Waals surface area contributed by atoms with Crippen molar-refractivity contribution in [3.8, 4) is 0 Å². The maximum absolute atomic E-state index is 10.3. The SMILES string of the molecule is CCCCCC[C@@H](O)CC[C@@H](O)CCCCCCCC(=O)O. The molecule has 0 heterocycles. The molecule has 4 nitrogen and oxygen atoms in total. The number of carboxylic acids is 1. The number of hydrogen-bond donors (Lipinski definition) is 3. The number of carboxylic acid groups (broad SMARTS) is 1. The van der Waals surface area contributed by atoms with E-state index in [9.17, 15) is 15.0 Å². The maximum atomic E-state index is 10.3. The van der Waals surface area contributed by atoms with E-state index in [1.54, 1.807) is 0 Å². The maximum Gasteiger partial charge on any atom is 0.303 e. The molecule has 0 rings (SSSR count). The highest BCUT2D eigenvalue weighted by Gasteiger charge is 2.09. The quantitative estimate of drug-likeness (QED) is 0.371. The van der Waals surface area contributed by atoms with Crippen molar-refractivity contribution in [3.63, 3.8) is 0 Å². The predicted octanol–water partition coefficient (Wildman–Crippen LogP) is 4.27. The Hall–Kier alpha value is -0.610. The van der Waals surface area contributed by atoms with E-state index in [4.69, 9.17) is 5.11 Å². The van der Waals surface area contributed by atoms with Gasteiger partial charge in [-0.15, -0.1) is 0 Å². The minimum Gasteiger partial charge on any atom is -0.481 e. The summed E-state index contributed by atoms with van der Waals surface area (Å²) in [6, 6.07) is 0. The smallest absolute Gasteiger partial charge is 0.303 e. The Morgan fingerprint density at radius 3 is 1.68 bits per heavy atom. The van der Waals surface area contributed by atoms with Crippen molar-refractivity contribution in [2.45, 2.75) is 109 Å². The van der Waals surface area contributed by atoms with Gasteiger partial charge in [0.1, 0.15) is 0 Å². The van der Waals surface area contributed by atoms with Crippen LogP contribution in [0.3, 0.4) is 0 Å². The second-order valence-corrected chi connectivity index (χ2v) is 6.43. The van der Waals surface area contributed by atoms with Gasteiger partial charge in [-0.2, -0.15) is 0 Å². The van der Waals surface area contributed by atoms with E-state index in [1.807, 2.05) is 0 Å². The van der Waals surface area contributed by atoms with Crippen molar-refractivity contribution in [3.05, 3.63) is 0 Å². The number of rotatable bonds is 16. The van der Waals surface area contributed by atoms with Crippen LogP contribution in [0.2, 0.25) is 0 Å². The van der Waals surface area contributed by atoms with E-state index in [0.29, 0.717) is 12.8 Å². The molecular weight excluding hydrogens is 280 g/mol. The topological polar surface area (TPSA) is 77.8 Å². The Morgan fingerprint density at radius 2 is 1.18 bits per heavy atom. The van der Waals surface area contributed by atoms with E-state index < -0.39 is 5.97 Å². The summed E-state index contributed by atoms with van der Waals surface area (Å²) in [6.45, 7) is 2.18. The molecule has 0 saturated heterocycles. The summed E-state index contributed by atoms with van der Waals surface area (Å²) in [4.78, 5) is 10.3. The Labute approximate surface area is 135 Å². The zero-order valence-electron chi connectivity index (χ0n) is 14.3. The summed E-state index contributed by atoms with van der Waals surface area (Å²) in [7, 11) is 0. The Balaban J connectivity index is 3.34. The molecule has 132 valence electrons. The van der Waals surface area contributed by atoms with Crippen molar-refractivity contribution in [2.24, 2.45) is 0 Å². The summed E-state index contributed by atoms with van der Waals surface area (Å²) in [5.74, 6) is -0.719. The molecule has 0 aromatic carbocycles. The van der Waals surface area contributed by atoms with Crippen molar-refractivity contribution >= 4 is 5.97 Å². The van der Waals surface area contributed by atoms with Gasteiger partial charge in [-0.1, -0.05) is 58.3 Å². The zero-order valence-corrected chi connectivity index (χ0v) is 14.3. The molecule has 0 aliphatic carbocycles. The minimum atomic E-state index is -0.719. The Bertz CT molecular complexity index is 255. The van der Waals surface area contributed by atoms with Crippen LogP contribution in [-0.4, -0.2) is 33.5 Å². The van der Waals surface area contributed by atoms with Crippen molar-refractivity contribution in [1.82, 2.24) is 0 Å². The van der Waals surface area contributed by atoms with Gasteiger partial charge in [0.05, 0.1) is 12.2 Å². The average molecular weight is 316 g/mol. The van der Waals surface area contributed by atoms with Gasteiger partial charge in [0.2, 0.25) is 0 Å². The number of unbranched alkanes of at least 4 members (excludes halogenated alkanes) is 7. The van der Waals surface area contributed by atoms with Crippen LogP contribution in [-0.2, 0) is 4.79 Å². The first kappa shape index (κ1) is 21.4. The lowest BCUT2D eigenvalue weighted by Gasteiger charge is -2.14. The van der Waals surface area contributed by atoms with E-state index >= 15 is 0 Å². The first-order valence-electron chi connectivity index (χ1n) is 9.14. The second kappa shape index (κ2) is 15.3. The molecule has 0 spiro atoms. The van der Waals surface area contributed by atoms with E-state index in [-0.39, 0.29) is 18.6 Å². The van der Waals surface area contributed by atoms with Gasteiger partial charge in [-0.05, 0) is 32.1 Å². The predicted molar refractivity (Wildman–Crippen MR) is 90.0 cm³/mol. The number of carbonyl (C=O) groups is 1. The molecule has 0 aromatic rings. The molecule has 0 unspecified atom stereocenters. The molecule has 4 heteroatoms. The molecule has 22 heavy (non-hydrogen) atoms. The summed E-state index contributed by atoms with van der Waals surface area (Å²) in [6.07, 6.45) is 12.3. The van der Waals surface area contributed by atoms with E-state index in [2.05, 4.69) is 6.92 Å². The second-order valence-electron chi connectivity index (χ2n) is 6.43. The summed E-state index contributed by atoms with van der Waals surface area (Å²) in [5, 5.41) is 28.3. The molecule has 3 N–H and O–H groups in total. The highest BCUT2D eigenvalue weighted by molar-refractivity contribution is 5.66. The highest BCUT2D eigenvalue weighted by Crippen LogP contribution is 2.14. The van der Waals surface area contributed by atoms with Crippen LogP contribution in [0.5, 0.6) is 0 Å². The summed E-state index contributed by atoms with van der Waals surface area (Å²) >= 11 is 0. The lowest BCUT2D eigenvalue weighted by molar-refractivity contribution is -0.137. The minimum absolute atomic E-state index is 0.262. The van der Waals surface area contributed by atoms with Gasteiger partial charge in [0.15, 0.2) is 0 Å². The third-order valence-corrected chi connectivity index (χ3v) is 4.15. The molecule has 0 bridgehead atoms.